The van der Waals surface area contributed by atoms with Gasteiger partial charge >= 0.3 is 0 Å². The molecule has 0 aromatic heterocycles. The van der Waals surface area contributed by atoms with Gasteiger partial charge in [-0.15, -0.1) is 0 Å². The summed E-state index contributed by atoms with van der Waals surface area (Å²) in [5.41, 5.74) is 0.916. The first-order valence-electron chi connectivity index (χ1n) is 5.06. The van der Waals surface area contributed by atoms with Crippen LogP contribution in [0.2, 0.25) is 0 Å². The normalized spacial score (nSPS) is 11.8. The van der Waals surface area contributed by atoms with Crippen LogP contribution in [0.4, 0.5) is 0 Å². The second kappa shape index (κ2) is 5.32. The number of methoxy groups -OCH3 is 1. The van der Waals surface area contributed by atoms with Crippen molar-refractivity contribution in [2.45, 2.75) is 13.5 Å². The van der Waals surface area contributed by atoms with E-state index < -0.39 is 10.0 Å². The maximum Gasteiger partial charge on any atom is 0.213 e. The van der Waals surface area contributed by atoms with E-state index in [4.69, 9.17) is 4.74 Å². The summed E-state index contributed by atoms with van der Waals surface area (Å²) >= 11 is 0. The molecule has 1 aromatic carbocycles. The lowest BCUT2D eigenvalue weighted by atomic mass is 10.2. The Morgan fingerprint density at radius 3 is 2.62 bits per heavy atom. The van der Waals surface area contributed by atoms with Crippen molar-refractivity contribution in [2.24, 2.45) is 0 Å². The topological polar surface area (TPSA) is 46.6 Å². The van der Waals surface area contributed by atoms with Crippen molar-refractivity contribution < 1.29 is 13.2 Å². The van der Waals surface area contributed by atoms with Gasteiger partial charge in [0, 0.05) is 13.6 Å². The van der Waals surface area contributed by atoms with Crippen molar-refractivity contribution in [1.29, 1.82) is 0 Å². The smallest absolute Gasteiger partial charge is 0.213 e. The molecule has 0 radical (unpaired) electrons. The standard InChI is InChI=1S/C11H17NO3S/c1-4-16(13,14)12(2)9-10-6-5-7-11(8-10)15-3/h5-8H,4,9H2,1-3H3. The van der Waals surface area contributed by atoms with Gasteiger partial charge < -0.3 is 4.74 Å². The van der Waals surface area contributed by atoms with Gasteiger partial charge in [0.25, 0.3) is 0 Å². The number of hydrogen-bond donors (Lipinski definition) is 0. The first-order chi connectivity index (χ1) is 7.49. The highest BCUT2D eigenvalue weighted by Crippen LogP contribution is 2.15. The molecule has 1 rings (SSSR count). The Bertz CT molecular complexity index is 442. The van der Waals surface area contributed by atoms with Crippen LogP contribution in [0.25, 0.3) is 0 Å². The molecular formula is C11H17NO3S. The lowest BCUT2D eigenvalue weighted by Gasteiger charge is -2.16. The lowest BCUT2D eigenvalue weighted by Crippen LogP contribution is -2.27. The van der Waals surface area contributed by atoms with Gasteiger partial charge in [0.05, 0.1) is 12.9 Å². The molecule has 0 saturated heterocycles. The number of benzene rings is 1. The molecule has 0 spiro atoms. The predicted octanol–water partition coefficient (Wildman–Crippen LogP) is 1.48. The highest BCUT2D eigenvalue weighted by molar-refractivity contribution is 7.89. The van der Waals surface area contributed by atoms with E-state index in [1.807, 2.05) is 24.3 Å². The van der Waals surface area contributed by atoms with E-state index in [1.54, 1.807) is 21.1 Å². The van der Waals surface area contributed by atoms with Gasteiger partial charge in [-0.3, -0.25) is 0 Å². The van der Waals surface area contributed by atoms with Gasteiger partial charge in [-0.2, -0.15) is 0 Å². The van der Waals surface area contributed by atoms with E-state index in [9.17, 15) is 8.42 Å². The summed E-state index contributed by atoms with van der Waals surface area (Å²) in [6.45, 7) is 2.00. The molecule has 4 nitrogen and oxygen atoms in total. The Labute approximate surface area is 96.9 Å². The number of nitrogens with zero attached hydrogens (tertiary/aromatic N) is 1. The molecular weight excluding hydrogens is 226 g/mol. The number of rotatable bonds is 5. The minimum Gasteiger partial charge on any atom is -0.497 e. The summed E-state index contributed by atoms with van der Waals surface area (Å²) in [4.78, 5) is 0. The third-order valence-electron chi connectivity index (χ3n) is 2.38. The van der Waals surface area contributed by atoms with Crippen LogP contribution in [-0.2, 0) is 16.6 Å². The van der Waals surface area contributed by atoms with Crippen LogP contribution in [0.1, 0.15) is 12.5 Å². The Morgan fingerprint density at radius 2 is 2.06 bits per heavy atom. The Balaban J connectivity index is 2.81. The molecule has 90 valence electrons. The molecule has 0 amide bonds. The van der Waals surface area contributed by atoms with E-state index in [1.165, 1.54) is 4.31 Å². The lowest BCUT2D eigenvalue weighted by molar-refractivity contribution is 0.412. The Morgan fingerprint density at radius 1 is 1.38 bits per heavy atom. The fraction of sp³-hybridized carbons (Fsp3) is 0.455. The minimum absolute atomic E-state index is 0.119. The van der Waals surface area contributed by atoms with E-state index in [2.05, 4.69) is 0 Å². The highest BCUT2D eigenvalue weighted by atomic mass is 32.2. The summed E-state index contributed by atoms with van der Waals surface area (Å²) in [6.07, 6.45) is 0. The summed E-state index contributed by atoms with van der Waals surface area (Å²) in [6, 6.07) is 7.39. The molecule has 0 unspecified atom stereocenters. The van der Waals surface area contributed by atoms with Crippen LogP contribution in [-0.4, -0.2) is 32.6 Å². The summed E-state index contributed by atoms with van der Waals surface area (Å²) in [5.74, 6) is 0.854. The van der Waals surface area contributed by atoms with Crippen molar-refractivity contribution in [3.63, 3.8) is 0 Å². The summed E-state index contributed by atoms with van der Waals surface area (Å²) in [5, 5.41) is 0. The predicted molar refractivity (Wildman–Crippen MR) is 63.9 cm³/mol. The van der Waals surface area contributed by atoms with Gasteiger partial charge in [0.1, 0.15) is 5.75 Å². The molecule has 0 bridgehead atoms. The third-order valence-corrected chi connectivity index (χ3v) is 4.19. The minimum atomic E-state index is -3.12. The number of hydrogen-bond acceptors (Lipinski definition) is 3. The van der Waals surface area contributed by atoms with E-state index in [0.29, 0.717) is 6.54 Å². The average Bonchev–Trinajstić information content (AvgIpc) is 2.29. The van der Waals surface area contributed by atoms with Crippen molar-refractivity contribution >= 4 is 10.0 Å². The molecule has 0 aliphatic carbocycles. The van der Waals surface area contributed by atoms with Crippen LogP contribution in [0.3, 0.4) is 0 Å². The van der Waals surface area contributed by atoms with E-state index in [-0.39, 0.29) is 5.75 Å². The molecule has 0 N–H and O–H groups in total. The van der Waals surface area contributed by atoms with Gasteiger partial charge in [-0.25, -0.2) is 12.7 Å². The molecule has 16 heavy (non-hydrogen) atoms. The quantitative estimate of drug-likeness (QED) is 0.787. The third kappa shape index (κ3) is 3.21. The average molecular weight is 243 g/mol. The van der Waals surface area contributed by atoms with Gasteiger partial charge in [-0.05, 0) is 24.6 Å². The Hall–Kier alpha value is -1.07. The van der Waals surface area contributed by atoms with Crippen molar-refractivity contribution in [3.05, 3.63) is 29.8 Å². The van der Waals surface area contributed by atoms with Crippen LogP contribution >= 0.6 is 0 Å². The van der Waals surface area contributed by atoms with Crippen LogP contribution in [0, 0.1) is 0 Å². The molecule has 5 heteroatoms. The molecule has 1 aromatic rings. The maximum atomic E-state index is 11.6. The zero-order chi connectivity index (χ0) is 12.2. The highest BCUT2D eigenvalue weighted by Gasteiger charge is 2.15. The van der Waals surface area contributed by atoms with Gasteiger partial charge in [0.2, 0.25) is 10.0 Å². The zero-order valence-electron chi connectivity index (χ0n) is 9.80. The number of ether oxygens (including phenoxy) is 1. The zero-order valence-corrected chi connectivity index (χ0v) is 10.6. The fourth-order valence-electron chi connectivity index (χ4n) is 1.35. The molecule has 0 aliphatic rings. The first-order valence-corrected chi connectivity index (χ1v) is 6.67. The summed E-state index contributed by atoms with van der Waals surface area (Å²) in [7, 11) is 0.0471. The van der Waals surface area contributed by atoms with Gasteiger partial charge in [-0.1, -0.05) is 12.1 Å². The molecule has 0 atom stereocenters. The summed E-state index contributed by atoms with van der Waals surface area (Å²) < 4.78 is 29.5. The van der Waals surface area contributed by atoms with E-state index >= 15 is 0 Å². The largest absolute Gasteiger partial charge is 0.497 e. The number of sulfonamides is 1. The SMILES string of the molecule is CCS(=O)(=O)N(C)Cc1cccc(OC)c1. The van der Waals surface area contributed by atoms with Crippen LogP contribution in [0.5, 0.6) is 5.75 Å². The van der Waals surface area contributed by atoms with Crippen molar-refractivity contribution in [3.8, 4) is 5.75 Å². The fourth-order valence-corrected chi connectivity index (χ4v) is 2.13. The van der Waals surface area contributed by atoms with Crippen LogP contribution < -0.4 is 4.74 Å². The first kappa shape index (κ1) is 13.0. The second-order valence-electron chi connectivity index (χ2n) is 3.51. The Kier molecular flexibility index (Phi) is 4.32. The van der Waals surface area contributed by atoms with Crippen LogP contribution in [0.15, 0.2) is 24.3 Å². The van der Waals surface area contributed by atoms with E-state index in [0.717, 1.165) is 11.3 Å². The maximum absolute atomic E-state index is 11.6. The van der Waals surface area contributed by atoms with Crippen molar-refractivity contribution in [1.82, 2.24) is 4.31 Å². The molecule has 0 heterocycles. The van der Waals surface area contributed by atoms with Gasteiger partial charge in [0.15, 0.2) is 0 Å². The van der Waals surface area contributed by atoms with Crippen molar-refractivity contribution in [2.75, 3.05) is 19.9 Å². The second-order valence-corrected chi connectivity index (χ2v) is 5.87. The molecule has 0 fully saturated rings. The molecule has 0 aliphatic heterocycles. The molecule has 0 saturated carbocycles. The monoisotopic (exact) mass is 243 g/mol.